The van der Waals surface area contributed by atoms with Gasteiger partial charge in [-0.2, -0.15) is 0 Å². The Balaban J connectivity index is 1.88. The van der Waals surface area contributed by atoms with Crippen molar-refractivity contribution in [1.82, 2.24) is 4.98 Å². The largest absolute Gasteiger partial charge is 0.460 e. The summed E-state index contributed by atoms with van der Waals surface area (Å²) in [7, 11) is 0. The van der Waals surface area contributed by atoms with Crippen LogP contribution in [0, 0.1) is 0 Å². The molecule has 29 heavy (non-hydrogen) atoms. The standard InChI is InChI=1S/C24H27NO3S/c1-23(2,3)28-19(26)16-24(4,5)29-22-25-20(17-12-8-6-9-13-17)21(27-22)18-14-10-7-11-15-18/h6-15H,16H2,1-5H3. The van der Waals surface area contributed by atoms with Crippen LogP contribution in [-0.4, -0.2) is 21.3 Å². The van der Waals surface area contributed by atoms with E-state index in [1.54, 1.807) is 0 Å². The van der Waals surface area contributed by atoms with Crippen molar-refractivity contribution >= 4 is 17.7 Å². The van der Waals surface area contributed by atoms with Crippen molar-refractivity contribution in [3.8, 4) is 22.6 Å². The average molecular weight is 410 g/mol. The SMILES string of the molecule is CC(C)(C)OC(=O)CC(C)(C)Sc1nc(-c2ccccc2)c(-c2ccccc2)o1. The fraction of sp³-hybridized carbons (Fsp3) is 0.333. The molecule has 0 amide bonds. The predicted molar refractivity (Wildman–Crippen MR) is 118 cm³/mol. The summed E-state index contributed by atoms with van der Waals surface area (Å²) in [6, 6.07) is 19.9. The van der Waals surface area contributed by atoms with Crippen LogP contribution in [-0.2, 0) is 9.53 Å². The van der Waals surface area contributed by atoms with Gasteiger partial charge in [-0.25, -0.2) is 4.98 Å². The molecule has 3 aromatic rings. The maximum Gasteiger partial charge on any atom is 0.307 e. The number of benzene rings is 2. The van der Waals surface area contributed by atoms with Gasteiger partial charge in [0, 0.05) is 15.9 Å². The van der Waals surface area contributed by atoms with E-state index >= 15 is 0 Å². The lowest BCUT2D eigenvalue weighted by Crippen LogP contribution is -2.28. The first kappa shape index (κ1) is 21.2. The first-order valence-electron chi connectivity index (χ1n) is 9.65. The molecule has 4 nitrogen and oxygen atoms in total. The van der Waals surface area contributed by atoms with Gasteiger partial charge in [0.2, 0.25) is 0 Å². The van der Waals surface area contributed by atoms with Crippen LogP contribution >= 0.6 is 11.8 Å². The normalized spacial score (nSPS) is 12.0. The topological polar surface area (TPSA) is 52.3 Å². The zero-order valence-corrected chi connectivity index (χ0v) is 18.4. The van der Waals surface area contributed by atoms with Crippen LogP contribution in [0.4, 0.5) is 0 Å². The van der Waals surface area contributed by atoms with Gasteiger partial charge in [-0.3, -0.25) is 4.79 Å². The zero-order chi connectivity index (χ0) is 21.1. The van der Waals surface area contributed by atoms with Gasteiger partial charge in [0.1, 0.15) is 11.3 Å². The fourth-order valence-electron chi connectivity index (χ4n) is 2.92. The first-order chi connectivity index (χ1) is 13.6. The highest BCUT2D eigenvalue weighted by Gasteiger charge is 2.30. The number of esters is 1. The van der Waals surface area contributed by atoms with Gasteiger partial charge in [-0.05, 0) is 34.6 Å². The van der Waals surface area contributed by atoms with Gasteiger partial charge in [0.25, 0.3) is 5.22 Å². The van der Waals surface area contributed by atoms with Gasteiger partial charge in [-0.15, -0.1) is 0 Å². The second kappa shape index (κ2) is 8.46. The summed E-state index contributed by atoms with van der Waals surface area (Å²) in [5, 5.41) is 0.538. The third-order valence-electron chi connectivity index (χ3n) is 4.04. The number of nitrogens with zero attached hydrogens (tertiary/aromatic N) is 1. The molecule has 0 fully saturated rings. The summed E-state index contributed by atoms with van der Waals surface area (Å²) in [5.74, 6) is 0.500. The number of oxazole rings is 1. The third kappa shape index (κ3) is 5.97. The molecule has 0 aliphatic heterocycles. The van der Waals surface area contributed by atoms with Gasteiger partial charge < -0.3 is 9.15 Å². The molecule has 2 aromatic carbocycles. The van der Waals surface area contributed by atoms with E-state index in [1.165, 1.54) is 11.8 Å². The van der Waals surface area contributed by atoms with E-state index in [4.69, 9.17) is 14.1 Å². The highest BCUT2D eigenvalue weighted by Crippen LogP contribution is 2.40. The lowest BCUT2D eigenvalue weighted by atomic mass is 10.1. The van der Waals surface area contributed by atoms with E-state index in [0.717, 1.165) is 22.6 Å². The Morgan fingerprint density at radius 1 is 0.931 bits per heavy atom. The quantitative estimate of drug-likeness (QED) is 0.339. The molecule has 152 valence electrons. The minimum absolute atomic E-state index is 0.229. The van der Waals surface area contributed by atoms with Crippen molar-refractivity contribution in [2.24, 2.45) is 0 Å². The molecule has 1 heterocycles. The van der Waals surface area contributed by atoms with Crippen molar-refractivity contribution in [3.05, 3.63) is 60.7 Å². The molecular weight excluding hydrogens is 382 g/mol. The first-order valence-corrected chi connectivity index (χ1v) is 10.5. The molecule has 0 spiro atoms. The molecule has 0 atom stereocenters. The number of carbonyl (C=O) groups is 1. The molecule has 0 radical (unpaired) electrons. The summed E-state index contributed by atoms with van der Waals surface area (Å²) >= 11 is 1.45. The number of rotatable bonds is 6. The number of carbonyl (C=O) groups excluding carboxylic acids is 1. The molecule has 0 saturated carbocycles. The van der Waals surface area contributed by atoms with Crippen molar-refractivity contribution in [3.63, 3.8) is 0 Å². The van der Waals surface area contributed by atoms with E-state index in [9.17, 15) is 4.79 Å². The highest BCUT2D eigenvalue weighted by atomic mass is 32.2. The number of hydrogen-bond acceptors (Lipinski definition) is 5. The number of ether oxygens (including phenoxy) is 1. The minimum Gasteiger partial charge on any atom is -0.460 e. The average Bonchev–Trinajstić information content (AvgIpc) is 3.04. The Morgan fingerprint density at radius 2 is 1.48 bits per heavy atom. The van der Waals surface area contributed by atoms with E-state index < -0.39 is 10.3 Å². The lowest BCUT2D eigenvalue weighted by Gasteiger charge is -2.25. The van der Waals surface area contributed by atoms with Crippen molar-refractivity contribution < 1.29 is 13.9 Å². The van der Waals surface area contributed by atoms with Gasteiger partial charge in [-0.1, -0.05) is 72.4 Å². The second-order valence-electron chi connectivity index (χ2n) is 8.51. The molecular formula is C24H27NO3S. The molecule has 3 rings (SSSR count). The Hall–Kier alpha value is -2.53. The molecule has 0 aliphatic rings. The molecule has 0 N–H and O–H groups in total. The Kier molecular flexibility index (Phi) is 6.18. The fourth-order valence-corrected chi connectivity index (χ4v) is 3.84. The Morgan fingerprint density at radius 3 is 2.03 bits per heavy atom. The molecule has 0 bridgehead atoms. The van der Waals surface area contributed by atoms with Crippen molar-refractivity contribution in [2.75, 3.05) is 0 Å². The molecule has 1 aromatic heterocycles. The van der Waals surface area contributed by atoms with Gasteiger partial charge in [0.15, 0.2) is 5.76 Å². The van der Waals surface area contributed by atoms with Crippen molar-refractivity contribution in [2.45, 2.75) is 56.6 Å². The van der Waals surface area contributed by atoms with Crippen LogP contribution in [0.5, 0.6) is 0 Å². The third-order valence-corrected chi connectivity index (χ3v) is 5.09. The summed E-state index contributed by atoms with van der Waals surface area (Å²) in [5.41, 5.74) is 2.26. The summed E-state index contributed by atoms with van der Waals surface area (Å²) in [6.45, 7) is 9.61. The number of aromatic nitrogens is 1. The monoisotopic (exact) mass is 409 g/mol. The summed E-state index contributed by atoms with van der Waals surface area (Å²) < 4.78 is 11.2. The van der Waals surface area contributed by atoms with Crippen LogP contribution in [0.1, 0.15) is 41.0 Å². The zero-order valence-electron chi connectivity index (χ0n) is 17.6. The Labute approximate surface area is 176 Å². The van der Waals surface area contributed by atoms with E-state index in [1.807, 2.05) is 95.3 Å². The van der Waals surface area contributed by atoms with Gasteiger partial charge in [0.05, 0.1) is 6.42 Å². The second-order valence-corrected chi connectivity index (χ2v) is 10.2. The molecule has 0 saturated heterocycles. The maximum absolute atomic E-state index is 12.3. The Bertz CT molecular complexity index is 900. The van der Waals surface area contributed by atoms with E-state index in [2.05, 4.69) is 0 Å². The smallest absolute Gasteiger partial charge is 0.307 e. The molecule has 0 aliphatic carbocycles. The van der Waals surface area contributed by atoms with Gasteiger partial charge >= 0.3 is 5.97 Å². The summed E-state index contributed by atoms with van der Waals surface area (Å²) in [6.07, 6.45) is 0.263. The van der Waals surface area contributed by atoms with E-state index in [-0.39, 0.29) is 12.4 Å². The van der Waals surface area contributed by atoms with Crippen molar-refractivity contribution in [1.29, 1.82) is 0 Å². The predicted octanol–water partition coefficient (Wildman–Crippen LogP) is 6.61. The molecule has 5 heteroatoms. The van der Waals surface area contributed by atoms with Crippen LogP contribution in [0.25, 0.3) is 22.6 Å². The highest BCUT2D eigenvalue weighted by molar-refractivity contribution is 8.00. The lowest BCUT2D eigenvalue weighted by molar-refractivity contribution is -0.155. The van der Waals surface area contributed by atoms with E-state index in [0.29, 0.717) is 5.22 Å². The van der Waals surface area contributed by atoms with Crippen LogP contribution < -0.4 is 0 Å². The maximum atomic E-state index is 12.3. The molecule has 0 unspecified atom stereocenters. The van der Waals surface area contributed by atoms with Crippen LogP contribution in [0.2, 0.25) is 0 Å². The number of hydrogen-bond donors (Lipinski definition) is 0. The minimum atomic E-state index is -0.498. The number of thioether (sulfide) groups is 1. The van der Waals surface area contributed by atoms with Crippen LogP contribution in [0.15, 0.2) is 70.3 Å². The summed E-state index contributed by atoms with van der Waals surface area (Å²) in [4.78, 5) is 17.1. The van der Waals surface area contributed by atoms with Crippen LogP contribution in [0.3, 0.4) is 0 Å².